The molecule has 0 amide bonds. The third kappa shape index (κ3) is 9.02. The van der Waals surface area contributed by atoms with E-state index in [0.717, 1.165) is 6.04 Å². The zero-order valence-electron chi connectivity index (χ0n) is 27.0. The Hall–Kier alpha value is -1.46. The smallest absolute Gasteiger partial charge is 0.131 e. The molecule has 3 aromatic carbocycles. The van der Waals surface area contributed by atoms with Crippen LogP contribution in [0.2, 0.25) is 52.4 Å². The first-order valence-corrected chi connectivity index (χ1v) is 25.4. The number of allylic oxidation sites excluding steroid dienone is 1. The molecule has 0 saturated heterocycles. The van der Waals surface area contributed by atoms with Crippen molar-refractivity contribution in [3.8, 4) is 22.2 Å². The Morgan fingerprint density at radius 1 is 0.683 bits per heavy atom. The van der Waals surface area contributed by atoms with E-state index in [1.807, 2.05) is 0 Å². The zero-order valence-corrected chi connectivity index (χ0v) is 31.6. The van der Waals surface area contributed by atoms with Crippen LogP contribution < -0.4 is 4.98 Å². The predicted octanol–water partition coefficient (Wildman–Crippen LogP) is 10.4. The second-order valence-electron chi connectivity index (χ2n) is 14.6. The Morgan fingerprint density at radius 2 is 1.24 bits per heavy atom. The molecule has 1 unspecified atom stereocenters. The van der Waals surface area contributed by atoms with Crippen molar-refractivity contribution in [2.75, 3.05) is 0 Å². The summed E-state index contributed by atoms with van der Waals surface area (Å²) in [7, 11) is -3.85. The summed E-state index contributed by atoms with van der Waals surface area (Å²) < 4.78 is 0. The first kappa shape index (κ1) is 34.0. The van der Waals surface area contributed by atoms with Gasteiger partial charge in [-0.1, -0.05) is 144 Å². The number of hydrogen-bond acceptors (Lipinski definition) is 1. The fourth-order valence-corrected chi connectivity index (χ4v) is 13.2. The van der Waals surface area contributed by atoms with Crippen LogP contribution in [0.15, 0.2) is 66.2 Å². The first-order valence-electron chi connectivity index (χ1n) is 15.4. The second kappa shape index (κ2) is 13.9. The predicted molar refractivity (Wildman–Crippen MR) is 188 cm³/mol. The van der Waals surface area contributed by atoms with Gasteiger partial charge in [-0.15, -0.1) is 11.1 Å². The Labute approximate surface area is 269 Å². The minimum absolute atomic E-state index is 0. The van der Waals surface area contributed by atoms with E-state index in [-0.39, 0.29) is 21.7 Å². The molecule has 0 aliphatic heterocycles. The molecule has 1 N–H and O–H groups in total. The summed E-state index contributed by atoms with van der Waals surface area (Å²) in [5.41, 5.74) is 14.6. The largest absolute Gasteiger partial charge is 0.334 e. The van der Waals surface area contributed by atoms with Crippen molar-refractivity contribution in [1.29, 1.82) is 0 Å². The summed E-state index contributed by atoms with van der Waals surface area (Å²) in [6, 6.07) is 23.2. The van der Waals surface area contributed by atoms with E-state index in [1.54, 1.807) is 0 Å². The van der Waals surface area contributed by atoms with Gasteiger partial charge in [-0.05, 0) is 52.8 Å². The monoisotopic (exact) mass is 629 g/mol. The van der Waals surface area contributed by atoms with Gasteiger partial charge in [0.25, 0.3) is 0 Å². The van der Waals surface area contributed by atoms with E-state index >= 15 is 0 Å². The zero-order chi connectivity index (χ0) is 29.1. The molecule has 216 valence electrons. The van der Waals surface area contributed by atoms with Gasteiger partial charge in [0.15, 0.2) is 0 Å². The Bertz CT molecular complexity index is 1400. The Kier molecular flexibility index (Phi) is 11.5. The average Bonchev–Trinajstić information content (AvgIpc) is 3.24. The molecule has 2 aliphatic carbocycles. The maximum Gasteiger partial charge on any atom is 0.131 e. The molecule has 0 radical (unpaired) electrons. The van der Waals surface area contributed by atoms with E-state index < -0.39 is 24.4 Å². The van der Waals surface area contributed by atoms with E-state index in [1.165, 1.54) is 70.7 Å². The van der Waals surface area contributed by atoms with Crippen LogP contribution >= 0.6 is 0 Å². The average molecular weight is 630 g/mol. The molecule has 0 spiro atoms. The Balaban J connectivity index is 0.000000363. The van der Waals surface area contributed by atoms with Crippen molar-refractivity contribution in [3.05, 3.63) is 77.4 Å². The molecule has 1 saturated carbocycles. The van der Waals surface area contributed by atoms with E-state index in [2.05, 4.69) is 142 Å². The summed E-state index contributed by atoms with van der Waals surface area (Å²) >= 11 is 0. The maximum atomic E-state index is 4.20. The molecular weight excluding hydrogens is 579 g/mol. The summed E-state index contributed by atoms with van der Waals surface area (Å²) in [6.07, 6.45) is 9.39. The first-order chi connectivity index (χ1) is 18.8. The van der Waals surface area contributed by atoms with Gasteiger partial charge in [-0.3, -0.25) is 0 Å². The van der Waals surface area contributed by atoms with Crippen LogP contribution in [0.1, 0.15) is 55.7 Å². The summed E-state index contributed by atoms with van der Waals surface area (Å²) in [5.74, 6) is 0. The van der Waals surface area contributed by atoms with Gasteiger partial charge in [-0.2, -0.15) is 0 Å². The minimum atomic E-state index is -1.67. The van der Waals surface area contributed by atoms with Gasteiger partial charge in [0.05, 0.1) is 0 Å². The van der Waals surface area contributed by atoms with Crippen molar-refractivity contribution in [2.45, 2.75) is 103 Å². The van der Waals surface area contributed by atoms with Crippen molar-refractivity contribution in [3.63, 3.8) is 0 Å². The van der Waals surface area contributed by atoms with Gasteiger partial charge in [0.1, 0.15) is 24.4 Å². The number of rotatable bonds is 4. The minimum Gasteiger partial charge on any atom is -0.334 e. The number of fused-ring (bicyclic) bond motifs is 2. The summed E-state index contributed by atoms with van der Waals surface area (Å²) in [5, 5.41) is 2.66. The van der Waals surface area contributed by atoms with Crippen LogP contribution in [0.3, 0.4) is 0 Å². The molecular formula is C36H51NSi3Ti. The van der Waals surface area contributed by atoms with Crippen LogP contribution in [-0.2, 0) is 21.7 Å². The summed E-state index contributed by atoms with van der Waals surface area (Å²) in [4.78, 5) is 4.20. The molecule has 1 atom stereocenters. The second-order valence-corrected chi connectivity index (χ2v) is 28.4. The molecule has 1 fully saturated rings. The van der Waals surface area contributed by atoms with Crippen LogP contribution in [0.5, 0.6) is 0 Å². The quantitative estimate of drug-likeness (QED) is 0.224. The fourth-order valence-electron chi connectivity index (χ4n) is 6.44. The SMILES string of the molecule is CC1=Cc2c(-c3cccc4ccccc34)cccc2C1[Si](C)(C)NC1CCCCC1.C[Si](C)(C)C#C[Si](C)(C)C.[Ti]. The Morgan fingerprint density at radius 3 is 1.88 bits per heavy atom. The van der Waals surface area contributed by atoms with E-state index in [9.17, 15) is 0 Å². The normalized spacial score (nSPS) is 17.4. The molecule has 0 aromatic heterocycles. The summed E-state index contributed by atoms with van der Waals surface area (Å²) in [6.45, 7) is 21.2. The fraction of sp³-hybridized carbons (Fsp3) is 0.444. The van der Waals surface area contributed by atoms with Crippen molar-refractivity contribution in [2.24, 2.45) is 0 Å². The van der Waals surface area contributed by atoms with Gasteiger partial charge in [0, 0.05) is 33.3 Å². The standard InChI is InChI=1S/C28H33NSi.C8H18Si2.Ti/c1-20-19-27-25(24-16-9-12-21-11-7-8-15-23(21)24)17-10-18-26(27)28(20)30(2,3)29-22-13-5-4-6-14-22;1-9(2,3)7-8-10(4,5)6;/h7-12,15-19,22,28-29H,4-6,13-14H2,1-3H3;1-6H3;. The van der Waals surface area contributed by atoms with Crippen LogP contribution in [-0.4, -0.2) is 30.4 Å². The van der Waals surface area contributed by atoms with Crippen LogP contribution in [0.4, 0.5) is 0 Å². The molecule has 5 heteroatoms. The topological polar surface area (TPSA) is 12.0 Å². The number of benzene rings is 3. The van der Waals surface area contributed by atoms with Crippen LogP contribution in [0, 0.1) is 11.1 Å². The van der Waals surface area contributed by atoms with Gasteiger partial charge in [-0.25, -0.2) is 0 Å². The molecule has 1 nitrogen and oxygen atoms in total. The molecule has 41 heavy (non-hydrogen) atoms. The molecule has 2 aliphatic rings. The van der Waals surface area contributed by atoms with Gasteiger partial charge >= 0.3 is 0 Å². The molecule has 0 heterocycles. The van der Waals surface area contributed by atoms with Gasteiger partial charge in [0.2, 0.25) is 0 Å². The molecule has 0 bridgehead atoms. The third-order valence-electron chi connectivity index (χ3n) is 8.07. The molecule has 3 aromatic rings. The van der Waals surface area contributed by atoms with E-state index in [4.69, 9.17) is 0 Å². The number of nitrogens with one attached hydrogen (secondary N) is 1. The van der Waals surface area contributed by atoms with Gasteiger partial charge < -0.3 is 4.98 Å². The third-order valence-corrected chi connectivity index (χ3v) is 13.4. The van der Waals surface area contributed by atoms with Crippen molar-refractivity contribution >= 4 is 41.2 Å². The number of hydrogen-bond donors (Lipinski definition) is 1. The van der Waals surface area contributed by atoms with E-state index in [0.29, 0.717) is 5.54 Å². The van der Waals surface area contributed by atoms with Crippen LogP contribution in [0.25, 0.3) is 28.0 Å². The maximum absolute atomic E-state index is 4.20. The molecule has 5 rings (SSSR count). The van der Waals surface area contributed by atoms with Crippen molar-refractivity contribution in [1.82, 2.24) is 4.98 Å². The van der Waals surface area contributed by atoms with Crippen molar-refractivity contribution < 1.29 is 21.7 Å².